The van der Waals surface area contributed by atoms with Gasteiger partial charge >= 0.3 is 0 Å². The van der Waals surface area contributed by atoms with Crippen molar-refractivity contribution in [2.45, 2.75) is 26.2 Å². The highest BCUT2D eigenvalue weighted by molar-refractivity contribution is 5.83. The highest BCUT2D eigenvalue weighted by Crippen LogP contribution is 2.18. The number of likely N-dealkylation sites (tertiary alicyclic amines) is 1. The van der Waals surface area contributed by atoms with Crippen LogP contribution in [0.25, 0.3) is 0 Å². The molecule has 1 aromatic rings. The molecule has 1 aromatic carbocycles. The fraction of sp³-hybridized carbons (Fsp3) is 0.579. The number of hydrogen-bond acceptors (Lipinski definition) is 3. The number of nitrogens with one attached hydrogen (secondary N) is 1. The molecule has 0 bridgehead atoms. The standard InChI is InChI=1S/C19H28FN3O2/c1-15(24)21-12-19(25)22(2)13-17-4-3-10-23(14-17)11-9-16-5-7-18(20)8-6-16/h5-8,17H,3-4,9-14H2,1-2H3,(H,21,24). The fourth-order valence-corrected chi connectivity index (χ4v) is 3.27. The molecular weight excluding hydrogens is 321 g/mol. The smallest absolute Gasteiger partial charge is 0.241 e. The van der Waals surface area contributed by atoms with E-state index in [9.17, 15) is 14.0 Å². The third kappa shape index (κ3) is 6.82. The van der Waals surface area contributed by atoms with Crippen molar-refractivity contribution < 1.29 is 14.0 Å². The summed E-state index contributed by atoms with van der Waals surface area (Å²) >= 11 is 0. The van der Waals surface area contributed by atoms with Crippen LogP contribution in [0.4, 0.5) is 4.39 Å². The maximum absolute atomic E-state index is 13.0. The van der Waals surface area contributed by atoms with Crippen molar-refractivity contribution >= 4 is 11.8 Å². The molecule has 0 spiro atoms. The van der Waals surface area contributed by atoms with E-state index in [2.05, 4.69) is 10.2 Å². The van der Waals surface area contributed by atoms with Crippen LogP contribution < -0.4 is 5.32 Å². The second-order valence-electron chi connectivity index (χ2n) is 6.87. The first-order chi connectivity index (χ1) is 11.9. The van der Waals surface area contributed by atoms with Crippen LogP contribution in [0.2, 0.25) is 0 Å². The van der Waals surface area contributed by atoms with Crippen molar-refractivity contribution in [2.24, 2.45) is 5.92 Å². The third-order valence-electron chi connectivity index (χ3n) is 4.68. The Morgan fingerprint density at radius 1 is 1.32 bits per heavy atom. The van der Waals surface area contributed by atoms with Gasteiger partial charge in [-0.3, -0.25) is 9.59 Å². The molecule has 1 N–H and O–H groups in total. The second kappa shape index (κ2) is 9.51. The minimum atomic E-state index is -0.200. The molecular formula is C19H28FN3O2. The molecule has 138 valence electrons. The van der Waals surface area contributed by atoms with E-state index in [4.69, 9.17) is 0 Å². The molecule has 1 aliphatic heterocycles. The Labute approximate surface area is 149 Å². The van der Waals surface area contributed by atoms with E-state index in [1.807, 2.05) is 12.1 Å². The van der Waals surface area contributed by atoms with E-state index < -0.39 is 0 Å². The maximum atomic E-state index is 13.0. The van der Waals surface area contributed by atoms with E-state index in [-0.39, 0.29) is 24.2 Å². The van der Waals surface area contributed by atoms with Crippen molar-refractivity contribution in [1.82, 2.24) is 15.1 Å². The Balaban J connectivity index is 1.75. The molecule has 6 heteroatoms. The van der Waals surface area contributed by atoms with Crippen molar-refractivity contribution in [1.29, 1.82) is 0 Å². The summed E-state index contributed by atoms with van der Waals surface area (Å²) in [6.07, 6.45) is 3.15. The van der Waals surface area contributed by atoms with E-state index in [1.54, 1.807) is 11.9 Å². The van der Waals surface area contributed by atoms with Crippen molar-refractivity contribution in [3.8, 4) is 0 Å². The number of benzene rings is 1. The number of nitrogens with zero attached hydrogens (tertiary/aromatic N) is 2. The molecule has 0 aromatic heterocycles. The lowest BCUT2D eigenvalue weighted by Gasteiger charge is -2.34. The zero-order chi connectivity index (χ0) is 18.2. The first kappa shape index (κ1) is 19.4. The molecule has 25 heavy (non-hydrogen) atoms. The fourth-order valence-electron chi connectivity index (χ4n) is 3.27. The van der Waals surface area contributed by atoms with Gasteiger partial charge in [0.15, 0.2) is 0 Å². The first-order valence-corrected chi connectivity index (χ1v) is 8.89. The van der Waals surface area contributed by atoms with Crippen LogP contribution in [0.5, 0.6) is 0 Å². The third-order valence-corrected chi connectivity index (χ3v) is 4.68. The quantitative estimate of drug-likeness (QED) is 0.815. The van der Waals surface area contributed by atoms with Gasteiger partial charge in [-0.25, -0.2) is 4.39 Å². The van der Waals surface area contributed by atoms with Gasteiger partial charge in [-0.2, -0.15) is 0 Å². The number of hydrogen-bond donors (Lipinski definition) is 1. The van der Waals surface area contributed by atoms with Crippen LogP contribution in [0.1, 0.15) is 25.3 Å². The predicted molar refractivity (Wildman–Crippen MR) is 95.6 cm³/mol. The lowest BCUT2D eigenvalue weighted by molar-refractivity contribution is -0.132. The van der Waals surface area contributed by atoms with Crippen LogP contribution in [0, 0.1) is 11.7 Å². The van der Waals surface area contributed by atoms with E-state index in [0.29, 0.717) is 12.5 Å². The summed E-state index contributed by atoms with van der Waals surface area (Å²) in [6, 6.07) is 6.68. The first-order valence-electron chi connectivity index (χ1n) is 8.89. The largest absolute Gasteiger partial charge is 0.347 e. The average molecular weight is 349 g/mol. The number of piperidine rings is 1. The van der Waals surface area contributed by atoms with Gasteiger partial charge in [0.2, 0.25) is 11.8 Å². The van der Waals surface area contributed by atoms with Gasteiger partial charge in [-0.05, 0) is 49.4 Å². The Bertz CT molecular complexity index is 577. The van der Waals surface area contributed by atoms with E-state index >= 15 is 0 Å². The van der Waals surface area contributed by atoms with Gasteiger partial charge in [-0.15, -0.1) is 0 Å². The van der Waals surface area contributed by atoms with Crippen molar-refractivity contribution in [3.63, 3.8) is 0 Å². The number of carbonyl (C=O) groups excluding carboxylic acids is 2. The molecule has 1 saturated heterocycles. The molecule has 0 radical (unpaired) electrons. The van der Waals surface area contributed by atoms with Gasteiger partial charge in [0, 0.05) is 33.6 Å². The monoisotopic (exact) mass is 349 g/mol. The molecule has 5 nitrogen and oxygen atoms in total. The summed E-state index contributed by atoms with van der Waals surface area (Å²) in [5.41, 5.74) is 1.14. The van der Waals surface area contributed by atoms with Crippen LogP contribution in [-0.4, -0.2) is 61.4 Å². The summed E-state index contributed by atoms with van der Waals surface area (Å²) in [5.74, 6) is 0.00650. The molecule has 2 amide bonds. The number of halogens is 1. The Morgan fingerprint density at radius 3 is 2.72 bits per heavy atom. The molecule has 0 saturated carbocycles. The van der Waals surface area contributed by atoms with Gasteiger partial charge in [0.05, 0.1) is 6.54 Å². The highest BCUT2D eigenvalue weighted by Gasteiger charge is 2.22. The number of carbonyl (C=O) groups is 2. The molecule has 1 atom stereocenters. The average Bonchev–Trinajstić information content (AvgIpc) is 2.59. The second-order valence-corrected chi connectivity index (χ2v) is 6.87. The molecule has 1 unspecified atom stereocenters. The lowest BCUT2D eigenvalue weighted by atomic mass is 9.97. The molecule has 0 aliphatic carbocycles. The van der Waals surface area contributed by atoms with Crippen molar-refractivity contribution in [3.05, 3.63) is 35.6 Å². The van der Waals surface area contributed by atoms with Gasteiger partial charge in [0.1, 0.15) is 5.82 Å². The number of rotatable bonds is 7. The number of amides is 2. The minimum absolute atomic E-state index is 0.0568. The molecule has 1 aliphatic rings. The predicted octanol–water partition coefficient (Wildman–Crippen LogP) is 1.67. The summed E-state index contributed by atoms with van der Waals surface area (Å²) in [7, 11) is 1.79. The summed E-state index contributed by atoms with van der Waals surface area (Å²) in [6.45, 7) is 5.18. The number of likely N-dealkylation sites (N-methyl/N-ethyl adjacent to an activating group) is 1. The zero-order valence-electron chi connectivity index (χ0n) is 15.1. The molecule has 2 rings (SSSR count). The Hall–Kier alpha value is -1.95. The lowest BCUT2D eigenvalue weighted by Crippen LogP contribution is -2.44. The SMILES string of the molecule is CC(=O)NCC(=O)N(C)CC1CCCN(CCc2ccc(F)cc2)C1. The minimum Gasteiger partial charge on any atom is -0.347 e. The Morgan fingerprint density at radius 2 is 2.04 bits per heavy atom. The van der Waals surface area contributed by atoms with E-state index in [1.165, 1.54) is 19.1 Å². The zero-order valence-corrected chi connectivity index (χ0v) is 15.1. The molecule has 1 fully saturated rings. The Kier molecular flexibility index (Phi) is 7.37. The van der Waals surface area contributed by atoms with Gasteiger partial charge in [0.25, 0.3) is 0 Å². The van der Waals surface area contributed by atoms with E-state index in [0.717, 1.165) is 44.5 Å². The normalized spacial score (nSPS) is 18.0. The molecule has 1 heterocycles. The maximum Gasteiger partial charge on any atom is 0.241 e. The van der Waals surface area contributed by atoms with Gasteiger partial charge in [-0.1, -0.05) is 12.1 Å². The van der Waals surface area contributed by atoms with Crippen LogP contribution in [0.15, 0.2) is 24.3 Å². The van der Waals surface area contributed by atoms with Crippen LogP contribution >= 0.6 is 0 Å². The summed E-state index contributed by atoms with van der Waals surface area (Å²) < 4.78 is 13.0. The van der Waals surface area contributed by atoms with Crippen LogP contribution in [-0.2, 0) is 16.0 Å². The summed E-state index contributed by atoms with van der Waals surface area (Å²) in [5, 5.41) is 2.55. The highest BCUT2D eigenvalue weighted by atomic mass is 19.1. The topological polar surface area (TPSA) is 52.7 Å². The van der Waals surface area contributed by atoms with Crippen LogP contribution in [0.3, 0.4) is 0 Å². The summed E-state index contributed by atoms with van der Waals surface area (Å²) in [4.78, 5) is 27.0. The van der Waals surface area contributed by atoms with Gasteiger partial charge < -0.3 is 15.1 Å². The van der Waals surface area contributed by atoms with Crippen molar-refractivity contribution in [2.75, 3.05) is 39.8 Å².